The van der Waals surface area contributed by atoms with Crippen molar-refractivity contribution in [3.63, 3.8) is 0 Å². The molecule has 0 aliphatic rings. The van der Waals surface area contributed by atoms with Gasteiger partial charge in [-0.15, -0.1) is 11.3 Å². The zero-order chi connectivity index (χ0) is 13.7. The molecule has 0 aliphatic heterocycles. The van der Waals surface area contributed by atoms with E-state index in [2.05, 4.69) is 30.1 Å². The zero-order valence-electron chi connectivity index (χ0n) is 11.1. The van der Waals surface area contributed by atoms with Crippen molar-refractivity contribution < 1.29 is 0 Å². The van der Waals surface area contributed by atoms with Gasteiger partial charge in [0.1, 0.15) is 0 Å². The molecule has 0 aliphatic carbocycles. The van der Waals surface area contributed by atoms with E-state index in [1.807, 2.05) is 18.2 Å². The topological polar surface area (TPSA) is 29.3 Å². The summed E-state index contributed by atoms with van der Waals surface area (Å²) >= 11 is 7.59. The molecule has 0 amide bonds. The van der Waals surface area contributed by atoms with Crippen LogP contribution in [0.1, 0.15) is 16.9 Å². The van der Waals surface area contributed by atoms with Crippen molar-refractivity contribution in [1.29, 1.82) is 0 Å². The minimum absolute atomic E-state index is 0.846. The molecule has 0 saturated heterocycles. The van der Waals surface area contributed by atoms with E-state index >= 15 is 0 Å². The maximum Gasteiger partial charge on any atom is 0.0931 e. The summed E-state index contributed by atoms with van der Waals surface area (Å²) in [6.45, 7) is 2.04. The van der Waals surface area contributed by atoms with E-state index in [1.54, 1.807) is 11.3 Å². The lowest BCUT2D eigenvalue weighted by atomic mass is 10.1. The number of hydrogen-bond donors (Lipinski definition) is 1. The highest BCUT2D eigenvalue weighted by atomic mass is 35.5. The van der Waals surface area contributed by atoms with Gasteiger partial charge in [0.2, 0.25) is 0 Å². The molecule has 0 unspecified atom stereocenters. The number of nitrogen functional groups attached to an aromatic ring is 1. The maximum atomic E-state index is 5.93. The first-order valence-electron chi connectivity index (χ1n) is 6.40. The van der Waals surface area contributed by atoms with E-state index in [0.717, 1.165) is 36.0 Å². The lowest BCUT2D eigenvalue weighted by Gasteiger charge is -2.15. The number of rotatable bonds is 6. The predicted molar refractivity (Wildman–Crippen MR) is 84.8 cm³/mol. The molecule has 0 spiro atoms. The van der Waals surface area contributed by atoms with Crippen molar-refractivity contribution in [1.82, 2.24) is 4.90 Å². The van der Waals surface area contributed by atoms with E-state index in [4.69, 9.17) is 17.3 Å². The second-order valence-corrected chi connectivity index (χ2v) is 6.59. The maximum absolute atomic E-state index is 5.93. The van der Waals surface area contributed by atoms with Crippen LogP contribution >= 0.6 is 22.9 Å². The molecule has 1 heterocycles. The largest absolute Gasteiger partial charge is 0.399 e. The lowest BCUT2D eigenvalue weighted by Crippen LogP contribution is -2.18. The van der Waals surface area contributed by atoms with Crippen LogP contribution in [0.4, 0.5) is 5.69 Å². The van der Waals surface area contributed by atoms with Gasteiger partial charge in [-0.3, -0.25) is 0 Å². The van der Waals surface area contributed by atoms with Crippen LogP contribution in [-0.2, 0) is 13.0 Å². The Morgan fingerprint density at radius 3 is 2.79 bits per heavy atom. The minimum Gasteiger partial charge on any atom is -0.399 e. The van der Waals surface area contributed by atoms with Gasteiger partial charge < -0.3 is 10.6 Å². The quantitative estimate of drug-likeness (QED) is 0.815. The summed E-state index contributed by atoms with van der Waals surface area (Å²) in [7, 11) is 2.15. The fraction of sp³-hybridized carbons (Fsp3) is 0.333. The summed E-state index contributed by atoms with van der Waals surface area (Å²) in [5, 5.41) is 0. The summed E-state index contributed by atoms with van der Waals surface area (Å²) in [5.74, 6) is 0. The molecule has 2 rings (SSSR count). The van der Waals surface area contributed by atoms with E-state index < -0.39 is 0 Å². The first-order valence-corrected chi connectivity index (χ1v) is 7.60. The Morgan fingerprint density at radius 1 is 1.26 bits per heavy atom. The first-order chi connectivity index (χ1) is 9.13. The number of nitrogens with zero attached hydrogens (tertiary/aromatic N) is 1. The predicted octanol–water partition coefficient (Wildman–Crippen LogP) is 4.05. The van der Waals surface area contributed by atoms with Crippen molar-refractivity contribution in [2.45, 2.75) is 19.4 Å². The fourth-order valence-corrected chi connectivity index (χ4v) is 3.25. The Kier molecular flexibility index (Phi) is 5.25. The summed E-state index contributed by atoms with van der Waals surface area (Å²) in [6.07, 6.45) is 2.21. The number of benzene rings is 1. The molecule has 2 nitrogen and oxygen atoms in total. The van der Waals surface area contributed by atoms with Crippen molar-refractivity contribution in [3.8, 4) is 0 Å². The van der Waals surface area contributed by atoms with Crippen molar-refractivity contribution in [2.75, 3.05) is 19.3 Å². The van der Waals surface area contributed by atoms with Crippen LogP contribution < -0.4 is 5.73 Å². The van der Waals surface area contributed by atoms with Crippen molar-refractivity contribution >= 4 is 28.6 Å². The van der Waals surface area contributed by atoms with Gasteiger partial charge in [-0.2, -0.15) is 0 Å². The van der Waals surface area contributed by atoms with Gasteiger partial charge in [0.25, 0.3) is 0 Å². The van der Waals surface area contributed by atoms with E-state index in [1.165, 1.54) is 10.4 Å². The van der Waals surface area contributed by atoms with Crippen LogP contribution in [0.2, 0.25) is 4.34 Å². The van der Waals surface area contributed by atoms with Gasteiger partial charge in [-0.25, -0.2) is 0 Å². The second-order valence-electron chi connectivity index (χ2n) is 4.79. The molecule has 0 bridgehead atoms. The average Bonchev–Trinajstić information content (AvgIpc) is 2.75. The molecule has 2 aromatic rings. The molecule has 1 aromatic carbocycles. The molecule has 2 N–H and O–H groups in total. The van der Waals surface area contributed by atoms with Crippen molar-refractivity contribution in [3.05, 3.63) is 51.2 Å². The second kappa shape index (κ2) is 6.94. The van der Waals surface area contributed by atoms with Crippen LogP contribution in [0.25, 0.3) is 0 Å². The number of nitrogens with two attached hydrogens (primary N) is 1. The third kappa shape index (κ3) is 4.86. The Balaban J connectivity index is 1.73. The molecule has 102 valence electrons. The van der Waals surface area contributed by atoms with Crippen LogP contribution in [0.15, 0.2) is 36.4 Å². The van der Waals surface area contributed by atoms with E-state index in [9.17, 15) is 0 Å². The molecule has 4 heteroatoms. The Bertz CT molecular complexity index is 524. The number of anilines is 1. The smallest absolute Gasteiger partial charge is 0.0931 e. The average molecular weight is 295 g/mol. The zero-order valence-corrected chi connectivity index (χ0v) is 12.7. The molecular formula is C15H19ClN2S. The molecular weight excluding hydrogens is 276 g/mol. The summed E-state index contributed by atoms with van der Waals surface area (Å²) in [5.41, 5.74) is 7.93. The van der Waals surface area contributed by atoms with Crippen LogP contribution in [-0.4, -0.2) is 18.5 Å². The number of hydrogen-bond acceptors (Lipinski definition) is 3. The molecule has 0 radical (unpaired) electrons. The number of aryl methyl sites for hydroxylation is 1. The fourth-order valence-electron chi connectivity index (χ4n) is 2.08. The van der Waals surface area contributed by atoms with Crippen LogP contribution in [0, 0.1) is 0 Å². The third-order valence-corrected chi connectivity index (χ3v) is 4.23. The Hall–Kier alpha value is -1.03. The molecule has 0 saturated carbocycles. The van der Waals surface area contributed by atoms with Gasteiger partial charge in [-0.05, 0) is 56.3 Å². The number of thiophene rings is 1. The molecule has 0 atom stereocenters. The highest BCUT2D eigenvalue weighted by Crippen LogP contribution is 2.22. The SMILES string of the molecule is CN(CCCc1cccc(N)c1)Cc1ccc(Cl)s1. The summed E-state index contributed by atoms with van der Waals surface area (Å²) < 4.78 is 0.864. The highest BCUT2D eigenvalue weighted by molar-refractivity contribution is 7.16. The summed E-state index contributed by atoms with van der Waals surface area (Å²) in [4.78, 5) is 3.64. The van der Waals surface area contributed by atoms with Crippen LogP contribution in [0.5, 0.6) is 0 Å². The monoisotopic (exact) mass is 294 g/mol. The van der Waals surface area contributed by atoms with E-state index in [0.29, 0.717) is 0 Å². The molecule has 19 heavy (non-hydrogen) atoms. The number of halogens is 1. The van der Waals surface area contributed by atoms with Gasteiger partial charge in [0.05, 0.1) is 4.34 Å². The standard InChI is InChI=1S/C15H19ClN2S/c1-18(11-14-7-8-15(16)19-14)9-3-5-12-4-2-6-13(17)10-12/h2,4,6-8,10H,3,5,9,11,17H2,1H3. The van der Waals surface area contributed by atoms with E-state index in [-0.39, 0.29) is 0 Å². The van der Waals surface area contributed by atoms with Gasteiger partial charge in [0, 0.05) is 17.1 Å². The van der Waals surface area contributed by atoms with Gasteiger partial charge in [0.15, 0.2) is 0 Å². The molecule has 1 aromatic heterocycles. The van der Waals surface area contributed by atoms with Gasteiger partial charge >= 0.3 is 0 Å². The normalized spacial score (nSPS) is 11.1. The highest BCUT2D eigenvalue weighted by Gasteiger charge is 2.03. The minimum atomic E-state index is 0.846. The van der Waals surface area contributed by atoms with Crippen molar-refractivity contribution in [2.24, 2.45) is 0 Å². The van der Waals surface area contributed by atoms with Crippen LogP contribution in [0.3, 0.4) is 0 Å². The lowest BCUT2D eigenvalue weighted by molar-refractivity contribution is 0.325. The van der Waals surface area contributed by atoms with Gasteiger partial charge in [-0.1, -0.05) is 23.7 Å². The molecule has 0 fully saturated rings. The Morgan fingerprint density at radius 2 is 2.11 bits per heavy atom. The summed E-state index contributed by atoms with van der Waals surface area (Å²) in [6, 6.07) is 12.2. The Labute approximate surface area is 123 Å². The first kappa shape index (κ1) is 14.4. The third-order valence-electron chi connectivity index (χ3n) is 3.01.